The van der Waals surface area contributed by atoms with Crippen molar-refractivity contribution in [3.05, 3.63) is 47.4 Å². The zero-order chi connectivity index (χ0) is 21.8. The van der Waals surface area contributed by atoms with Crippen molar-refractivity contribution in [2.24, 2.45) is 13.0 Å². The fourth-order valence-electron chi connectivity index (χ4n) is 3.05. The van der Waals surface area contributed by atoms with Crippen LogP contribution in [0.25, 0.3) is 11.4 Å². The molecule has 0 aliphatic carbocycles. The number of carbonyl (C=O) groups excluding carboxylic acids is 1. The molecule has 1 atom stereocenters. The summed E-state index contributed by atoms with van der Waals surface area (Å²) in [7, 11) is 1.70. The zero-order valence-corrected chi connectivity index (χ0v) is 17.8. The summed E-state index contributed by atoms with van der Waals surface area (Å²) in [5.74, 6) is 0.869. The molecule has 0 saturated heterocycles. The van der Waals surface area contributed by atoms with Crippen molar-refractivity contribution >= 4 is 17.7 Å². The number of hydrogen-bond donors (Lipinski definition) is 3. The first-order valence-electron chi connectivity index (χ1n) is 9.78. The fourth-order valence-corrected chi connectivity index (χ4v) is 3.05. The highest BCUT2D eigenvalue weighted by atomic mass is 16.3. The lowest BCUT2D eigenvalue weighted by atomic mass is 10.1. The van der Waals surface area contributed by atoms with Gasteiger partial charge in [0.1, 0.15) is 17.2 Å². The number of carbonyl (C=O) groups is 1. The first kappa shape index (κ1) is 21.4. The molecule has 30 heavy (non-hydrogen) atoms. The van der Waals surface area contributed by atoms with Gasteiger partial charge in [0, 0.05) is 18.9 Å². The normalized spacial score (nSPS) is 12.1. The number of aliphatic hydroxyl groups is 1. The molecule has 0 aliphatic heterocycles. The second kappa shape index (κ2) is 9.00. The molecule has 9 nitrogen and oxygen atoms in total. The lowest BCUT2D eigenvalue weighted by Gasteiger charge is -2.19. The molecule has 3 rings (SSSR count). The van der Waals surface area contributed by atoms with Crippen LogP contribution in [-0.2, 0) is 7.05 Å². The van der Waals surface area contributed by atoms with Gasteiger partial charge < -0.3 is 15.7 Å². The van der Waals surface area contributed by atoms with E-state index in [1.165, 1.54) is 4.68 Å². The summed E-state index contributed by atoms with van der Waals surface area (Å²) in [5, 5.41) is 19.8. The Hall–Kier alpha value is -3.33. The maximum atomic E-state index is 12.6. The highest BCUT2D eigenvalue weighted by molar-refractivity contribution is 5.93. The number of pyridine rings is 1. The third-order valence-corrected chi connectivity index (χ3v) is 4.69. The topological polar surface area (TPSA) is 118 Å². The van der Waals surface area contributed by atoms with Crippen molar-refractivity contribution in [3.8, 4) is 11.4 Å². The van der Waals surface area contributed by atoms with Crippen LogP contribution in [0.15, 0.2) is 30.5 Å². The maximum absolute atomic E-state index is 12.6. The summed E-state index contributed by atoms with van der Waals surface area (Å²) in [4.78, 5) is 25.8. The molecule has 3 aromatic rings. The number of aliphatic hydroxyl groups excluding tert-OH is 1. The Morgan fingerprint density at radius 3 is 2.60 bits per heavy atom. The molecule has 3 aromatic heterocycles. The molecule has 158 valence electrons. The Morgan fingerprint density at radius 2 is 1.93 bits per heavy atom. The van der Waals surface area contributed by atoms with Gasteiger partial charge in [0.15, 0.2) is 0 Å². The Morgan fingerprint density at radius 1 is 1.17 bits per heavy atom. The van der Waals surface area contributed by atoms with Crippen molar-refractivity contribution in [2.75, 3.05) is 11.9 Å². The second-order valence-electron chi connectivity index (χ2n) is 7.61. The van der Waals surface area contributed by atoms with Crippen LogP contribution in [0.5, 0.6) is 0 Å². The number of aromatic nitrogens is 5. The molecular formula is C21H27N7O2. The molecule has 0 aliphatic rings. The molecule has 3 N–H and O–H groups in total. The lowest BCUT2D eigenvalue weighted by molar-refractivity contribution is 0.0887. The summed E-state index contributed by atoms with van der Waals surface area (Å²) in [6, 6.07) is 6.98. The van der Waals surface area contributed by atoms with Crippen molar-refractivity contribution in [2.45, 2.75) is 33.7 Å². The van der Waals surface area contributed by atoms with Crippen LogP contribution in [0.4, 0.5) is 11.8 Å². The van der Waals surface area contributed by atoms with E-state index >= 15 is 0 Å². The van der Waals surface area contributed by atoms with E-state index < -0.39 is 0 Å². The van der Waals surface area contributed by atoms with Gasteiger partial charge in [-0.3, -0.25) is 9.48 Å². The minimum atomic E-state index is -0.323. The average Bonchev–Trinajstić information content (AvgIpc) is 3.07. The van der Waals surface area contributed by atoms with Crippen LogP contribution in [-0.4, -0.2) is 48.4 Å². The number of nitrogens with zero attached hydrogens (tertiary/aromatic N) is 5. The first-order chi connectivity index (χ1) is 14.3. The van der Waals surface area contributed by atoms with Crippen LogP contribution in [0.2, 0.25) is 0 Å². The molecule has 0 radical (unpaired) electrons. The van der Waals surface area contributed by atoms with Crippen molar-refractivity contribution < 1.29 is 9.90 Å². The molecule has 0 fully saturated rings. The Kier molecular flexibility index (Phi) is 6.41. The highest BCUT2D eigenvalue weighted by Gasteiger charge is 2.20. The maximum Gasteiger partial charge on any atom is 0.269 e. The number of nitrogens with one attached hydrogen (secondary N) is 2. The van der Waals surface area contributed by atoms with Gasteiger partial charge in [-0.1, -0.05) is 13.8 Å². The van der Waals surface area contributed by atoms with Crippen LogP contribution in [0, 0.1) is 19.8 Å². The van der Waals surface area contributed by atoms with Gasteiger partial charge in [0.2, 0.25) is 5.95 Å². The van der Waals surface area contributed by atoms with E-state index in [1.54, 1.807) is 25.4 Å². The SMILES string of the molecule is Cc1cc(C)nc(Nc2nccc(-c3cc(C(=O)N[C@H](CO)C(C)C)n(C)n3)n2)c1. The van der Waals surface area contributed by atoms with Gasteiger partial charge in [0.05, 0.1) is 18.3 Å². The first-order valence-corrected chi connectivity index (χ1v) is 9.78. The number of anilines is 2. The Balaban J connectivity index is 1.82. The standard InChI is InChI=1S/C21H27N7O2/c1-12(2)17(11-29)24-20(30)18-10-16(27-28(18)5)15-6-7-22-21(25-15)26-19-9-13(3)8-14(4)23-19/h6-10,12,17,29H,11H2,1-5H3,(H,24,30)(H,22,23,25,26)/t17-/m1/s1. The minimum Gasteiger partial charge on any atom is -0.394 e. The van der Waals surface area contributed by atoms with E-state index in [0.29, 0.717) is 28.8 Å². The minimum absolute atomic E-state index is 0.112. The van der Waals surface area contributed by atoms with Gasteiger partial charge in [-0.15, -0.1) is 0 Å². The van der Waals surface area contributed by atoms with E-state index in [-0.39, 0.29) is 24.5 Å². The summed E-state index contributed by atoms with van der Waals surface area (Å²) in [6.45, 7) is 7.68. The molecule has 0 spiro atoms. The molecule has 0 saturated carbocycles. The van der Waals surface area contributed by atoms with Crippen LogP contribution in [0.3, 0.4) is 0 Å². The molecular weight excluding hydrogens is 382 g/mol. The van der Waals surface area contributed by atoms with Crippen molar-refractivity contribution in [1.82, 2.24) is 30.0 Å². The van der Waals surface area contributed by atoms with Crippen molar-refractivity contribution in [1.29, 1.82) is 0 Å². The second-order valence-corrected chi connectivity index (χ2v) is 7.61. The van der Waals surface area contributed by atoms with Crippen LogP contribution in [0.1, 0.15) is 35.6 Å². The molecule has 9 heteroatoms. The third kappa shape index (κ3) is 4.98. The predicted octanol–water partition coefficient (Wildman–Crippen LogP) is 2.38. The zero-order valence-electron chi connectivity index (χ0n) is 17.8. The van der Waals surface area contributed by atoms with Gasteiger partial charge in [-0.05, 0) is 49.6 Å². The van der Waals surface area contributed by atoms with Crippen LogP contribution >= 0.6 is 0 Å². The average molecular weight is 409 g/mol. The smallest absolute Gasteiger partial charge is 0.269 e. The number of amides is 1. The van der Waals surface area contributed by atoms with E-state index in [1.807, 2.05) is 39.8 Å². The summed E-state index contributed by atoms with van der Waals surface area (Å²) in [6.07, 6.45) is 1.63. The molecule has 0 aromatic carbocycles. The van der Waals surface area contributed by atoms with E-state index in [2.05, 4.69) is 30.7 Å². The number of aryl methyl sites for hydroxylation is 3. The molecule has 1 amide bonds. The summed E-state index contributed by atoms with van der Waals surface area (Å²) < 4.78 is 1.50. The van der Waals surface area contributed by atoms with E-state index in [9.17, 15) is 9.90 Å². The Labute approximate surface area is 175 Å². The van der Waals surface area contributed by atoms with Gasteiger partial charge >= 0.3 is 0 Å². The highest BCUT2D eigenvalue weighted by Crippen LogP contribution is 2.20. The predicted molar refractivity (Wildman–Crippen MR) is 114 cm³/mol. The molecule has 0 bridgehead atoms. The van der Waals surface area contributed by atoms with Gasteiger partial charge in [0.25, 0.3) is 5.91 Å². The molecule has 3 heterocycles. The number of rotatable bonds is 7. The van der Waals surface area contributed by atoms with E-state index in [4.69, 9.17) is 0 Å². The third-order valence-electron chi connectivity index (χ3n) is 4.69. The molecule has 0 unspecified atom stereocenters. The van der Waals surface area contributed by atoms with E-state index in [0.717, 1.165) is 11.3 Å². The summed E-state index contributed by atoms with van der Waals surface area (Å²) >= 11 is 0. The number of hydrogen-bond acceptors (Lipinski definition) is 7. The van der Waals surface area contributed by atoms with Gasteiger partial charge in [-0.25, -0.2) is 15.0 Å². The Bertz CT molecular complexity index is 1030. The van der Waals surface area contributed by atoms with Gasteiger partial charge in [-0.2, -0.15) is 5.10 Å². The van der Waals surface area contributed by atoms with Crippen LogP contribution < -0.4 is 10.6 Å². The largest absolute Gasteiger partial charge is 0.394 e. The summed E-state index contributed by atoms with van der Waals surface area (Å²) in [5.41, 5.74) is 3.49. The monoisotopic (exact) mass is 409 g/mol. The quantitative estimate of drug-likeness (QED) is 0.548. The fraction of sp³-hybridized carbons (Fsp3) is 0.381. The lowest BCUT2D eigenvalue weighted by Crippen LogP contribution is -2.41. The van der Waals surface area contributed by atoms with Crippen molar-refractivity contribution in [3.63, 3.8) is 0 Å².